The second-order valence-corrected chi connectivity index (χ2v) is 8.24. The third-order valence-electron chi connectivity index (χ3n) is 4.08. The van der Waals surface area contributed by atoms with Crippen LogP contribution in [0.25, 0.3) is 0 Å². The molecule has 5 nitrogen and oxygen atoms in total. The molecule has 9 heteroatoms. The van der Waals surface area contributed by atoms with Crippen molar-refractivity contribution in [3.05, 3.63) is 60.2 Å². The second kappa shape index (κ2) is 8.33. The first-order valence-electron chi connectivity index (χ1n) is 8.04. The number of halogens is 3. The number of carbonyl (C=O) groups is 1. The molecule has 146 valence electrons. The van der Waals surface area contributed by atoms with Crippen LogP contribution in [-0.2, 0) is 20.4 Å². The van der Waals surface area contributed by atoms with Crippen molar-refractivity contribution in [1.82, 2.24) is 5.32 Å². The Bertz CT molecular complexity index is 908. The molecule has 1 aliphatic rings. The summed E-state index contributed by atoms with van der Waals surface area (Å²) in [5.74, 6) is -3.68. The molecule has 1 heterocycles. The van der Waals surface area contributed by atoms with Gasteiger partial charge in [-0.05, 0) is 29.8 Å². The van der Waals surface area contributed by atoms with Crippen LogP contribution in [0.1, 0.15) is 12.0 Å². The highest BCUT2D eigenvalue weighted by atomic mass is 35.5. The average Bonchev–Trinajstić information content (AvgIpc) is 2.96. The highest BCUT2D eigenvalue weighted by Crippen LogP contribution is 2.26. The molecule has 0 aliphatic carbocycles. The third-order valence-corrected chi connectivity index (χ3v) is 5.78. The Balaban J connectivity index is 0.00000261. The molecule has 1 saturated heterocycles. The molecule has 1 unspecified atom stereocenters. The van der Waals surface area contributed by atoms with Gasteiger partial charge in [0.15, 0.2) is 9.84 Å². The standard InChI is InChI=1S/C18H18F2N2O3S.ClH/c19-18(20)10-16(21-12-18)17(23)22-14-6-4-5-13(9-14)11-26(24,25)15-7-2-1-3-8-15;/h1-9,16,21H,10-12H2,(H,22,23);1H. The van der Waals surface area contributed by atoms with Crippen molar-refractivity contribution in [3.63, 3.8) is 0 Å². The molecule has 0 spiro atoms. The van der Waals surface area contributed by atoms with Crippen molar-refractivity contribution < 1.29 is 22.0 Å². The molecule has 1 atom stereocenters. The van der Waals surface area contributed by atoms with Crippen LogP contribution in [-0.4, -0.2) is 32.8 Å². The Morgan fingerprint density at radius 3 is 2.48 bits per heavy atom. The number of carbonyl (C=O) groups excluding carboxylic acids is 1. The summed E-state index contributed by atoms with van der Waals surface area (Å²) in [6.07, 6.45) is -0.555. The minimum absolute atomic E-state index is 0. The zero-order valence-electron chi connectivity index (χ0n) is 14.2. The van der Waals surface area contributed by atoms with Gasteiger partial charge in [-0.3, -0.25) is 10.1 Å². The van der Waals surface area contributed by atoms with E-state index in [0.29, 0.717) is 11.3 Å². The zero-order chi connectivity index (χ0) is 18.8. The van der Waals surface area contributed by atoms with Crippen molar-refractivity contribution in [1.29, 1.82) is 0 Å². The number of nitrogens with one attached hydrogen (secondary N) is 2. The number of amides is 1. The van der Waals surface area contributed by atoms with E-state index in [4.69, 9.17) is 0 Å². The first kappa shape index (κ1) is 21.3. The Hall–Kier alpha value is -2.03. The Morgan fingerprint density at radius 2 is 1.85 bits per heavy atom. The van der Waals surface area contributed by atoms with Crippen molar-refractivity contribution in [2.24, 2.45) is 0 Å². The minimum atomic E-state index is -3.51. The number of hydrogen-bond donors (Lipinski definition) is 2. The summed E-state index contributed by atoms with van der Waals surface area (Å²) in [5.41, 5.74) is 0.865. The lowest BCUT2D eigenvalue weighted by Crippen LogP contribution is -2.35. The maximum Gasteiger partial charge on any atom is 0.262 e. The highest BCUT2D eigenvalue weighted by molar-refractivity contribution is 7.90. The molecule has 0 aromatic heterocycles. The van der Waals surface area contributed by atoms with Crippen molar-refractivity contribution in [2.75, 3.05) is 11.9 Å². The number of hydrogen-bond acceptors (Lipinski definition) is 4. The van der Waals surface area contributed by atoms with Crippen LogP contribution in [0.5, 0.6) is 0 Å². The molecule has 2 aromatic rings. The molecule has 1 fully saturated rings. The summed E-state index contributed by atoms with van der Waals surface area (Å²) in [6, 6.07) is 13.5. The van der Waals surface area contributed by atoms with E-state index in [1.54, 1.807) is 36.4 Å². The molecular weight excluding hydrogens is 398 g/mol. The fourth-order valence-corrected chi connectivity index (χ4v) is 4.16. The van der Waals surface area contributed by atoms with Crippen LogP contribution in [0.2, 0.25) is 0 Å². The summed E-state index contributed by atoms with van der Waals surface area (Å²) >= 11 is 0. The van der Waals surface area contributed by atoms with Crippen LogP contribution in [0.3, 0.4) is 0 Å². The van der Waals surface area contributed by atoms with Gasteiger partial charge < -0.3 is 5.32 Å². The topological polar surface area (TPSA) is 75.3 Å². The Kier molecular flexibility index (Phi) is 6.56. The quantitative estimate of drug-likeness (QED) is 0.785. The smallest absolute Gasteiger partial charge is 0.262 e. The maximum atomic E-state index is 13.2. The molecule has 2 aromatic carbocycles. The first-order valence-corrected chi connectivity index (χ1v) is 9.69. The van der Waals surface area contributed by atoms with Crippen molar-refractivity contribution >= 4 is 33.8 Å². The monoisotopic (exact) mass is 416 g/mol. The van der Waals surface area contributed by atoms with E-state index in [-0.39, 0.29) is 23.1 Å². The van der Waals surface area contributed by atoms with Gasteiger partial charge in [-0.1, -0.05) is 30.3 Å². The van der Waals surface area contributed by atoms with Gasteiger partial charge in [-0.25, -0.2) is 17.2 Å². The summed E-state index contributed by atoms with van der Waals surface area (Å²) in [6.45, 7) is -0.527. The van der Waals surface area contributed by atoms with Gasteiger partial charge in [-0.15, -0.1) is 12.4 Å². The summed E-state index contributed by atoms with van der Waals surface area (Å²) in [5, 5.41) is 5.04. The molecule has 0 saturated carbocycles. The van der Waals surface area contributed by atoms with E-state index in [0.717, 1.165) is 0 Å². The van der Waals surface area contributed by atoms with Gasteiger partial charge in [0.2, 0.25) is 5.91 Å². The number of sulfone groups is 1. The fourth-order valence-electron chi connectivity index (χ4n) is 2.80. The molecule has 2 N–H and O–H groups in total. The van der Waals surface area contributed by atoms with E-state index in [1.807, 2.05) is 0 Å². The minimum Gasteiger partial charge on any atom is -0.325 e. The van der Waals surface area contributed by atoms with Gasteiger partial charge in [0.1, 0.15) is 0 Å². The summed E-state index contributed by atoms with van der Waals surface area (Å²) < 4.78 is 51.3. The summed E-state index contributed by atoms with van der Waals surface area (Å²) in [7, 11) is -3.51. The predicted molar refractivity (Wildman–Crippen MR) is 101 cm³/mol. The maximum absolute atomic E-state index is 13.2. The number of alkyl halides is 2. The van der Waals surface area contributed by atoms with E-state index in [9.17, 15) is 22.0 Å². The van der Waals surface area contributed by atoms with Crippen LogP contribution in [0, 0.1) is 0 Å². The van der Waals surface area contributed by atoms with Gasteiger partial charge >= 0.3 is 0 Å². The lowest BCUT2D eigenvalue weighted by Gasteiger charge is -2.12. The average molecular weight is 417 g/mol. The zero-order valence-corrected chi connectivity index (χ0v) is 15.8. The van der Waals surface area contributed by atoms with Crippen LogP contribution in [0.15, 0.2) is 59.5 Å². The first-order chi connectivity index (χ1) is 12.3. The van der Waals surface area contributed by atoms with Gasteiger partial charge in [-0.2, -0.15) is 0 Å². The van der Waals surface area contributed by atoms with E-state index < -0.39 is 40.7 Å². The second-order valence-electron chi connectivity index (χ2n) is 6.26. The molecule has 0 bridgehead atoms. The van der Waals surface area contributed by atoms with Crippen LogP contribution < -0.4 is 10.6 Å². The van der Waals surface area contributed by atoms with E-state index >= 15 is 0 Å². The van der Waals surface area contributed by atoms with Crippen molar-refractivity contribution in [2.45, 2.75) is 29.0 Å². The van der Waals surface area contributed by atoms with E-state index in [2.05, 4.69) is 10.6 Å². The van der Waals surface area contributed by atoms with Gasteiger partial charge in [0.05, 0.1) is 23.2 Å². The van der Waals surface area contributed by atoms with Crippen LogP contribution >= 0.6 is 12.4 Å². The molecular formula is C18H19ClF2N2O3S. The molecule has 1 amide bonds. The number of anilines is 1. The number of benzene rings is 2. The van der Waals surface area contributed by atoms with E-state index in [1.165, 1.54) is 18.2 Å². The molecule has 1 aliphatic heterocycles. The van der Waals surface area contributed by atoms with Crippen molar-refractivity contribution in [3.8, 4) is 0 Å². The lowest BCUT2D eigenvalue weighted by atomic mass is 10.1. The fraction of sp³-hybridized carbons (Fsp3) is 0.278. The lowest BCUT2D eigenvalue weighted by molar-refractivity contribution is -0.118. The van der Waals surface area contributed by atoms with Gasteiger partial charge in [0.25, 0.3) is 5.92 Å². The third kappa shape index (κ3) is 5.47. The molecule has 3 rings (SSSR count). The van der Waals surface area contributed by atoms with Gasteiger partial charge in [0, 0.05) is 12.1 Å². The Morgan fingerprint density at radius 1 is 1.15 bits per heavy atom. The molecule has 0 radical (unpaired) electrons. The Labute approximate surface area is 162 Å². The summed E-state index contributed by atoms with van der Waals surface area (Å²) in [4.78, 5) is 12.3. The normalized spacial score (nSPS) is 18.5. The predicted octanol–water partition coefficient (Wildman–Crippen LogP) is 3.02. The number of rotatable bonds is 5. The van der Waals surface area contributed by atoms with Crippen LogP contribution in [0.4, 0.5) is 14.5 Å². The highest BCUT2D eigenvalue weighted by Gasteiger charge is 2.42. The molecule has 27 heavy (non-hydrogen) atoms. The SMILES string of the molecule is Cl.O=C(Nc1cccc(CS(=O)(=O)c2ccccc2)c1)C1CC(F)(F)CN1. The largest absolute Gasteiger partial charge is 0.325 e.